The Kier molecular flexibility index (Phi) is 6.06. The molecule has 174 valence electrons. The number of carbonyl (C=O) groups is 1. The van der Waals surface area contributed by atoms with Crippen molar-refractivity contribution in [3.63, 3.8) is 0 Å². The van der Waals surface area contributed by atoms with Gasteiger partial charge in [-0.2, -0.15) is 5.10 Å². The molecule has 0 aliphatic carbocycles. The zero-order valence-electron chi connectivity index (χ0n) is 20.1. The van der Waals surface area contributed by atoms with E-state index in [0.717, 1.165) is 27.9 Å². The Bertz CT molecular complexity index is 1120. The van der Waals surface area contributed by atoms with Crippen molar-refractivity contribution in [2.45, 2.75) is 57.8 Å². The summed E-state index contributed by atoms with van der Waals surface area (Å²) in [6.07, 6.45) is 2.62. The highest BCUT2D eigenvalue weighted by atomic mass is 16.6. The van der Waals surface area contributed by atoms with E-state index in [-0.39, 0.29) is 12.1 Å². The number of hydrogen-bond acceptors (Lipinski definition) is 4. The average molecular weight is 448 g/mol. The van der Waals surface area contributed by atoms with Gasteiger partial charge >= 0.3 is 6.09 Å². The molecule has 1 aliphatic rings. The maximum absolute atomic E-state index is 13.2. The second-order valence-corrected chi connectivity index (χ2v) is 9.76. The Hall–Kier alpha value is -3.12. The molecule has 6 heteroatoms. The number of aliphatic hydroxyl groups is 1. The molecule has 2 aromatic carbocycles. The van der Waals surface area contributed by atoms with Gasteiger partial charge in [-0.05, 0) is 44.4 Å². The summed E-state index contributed by atoms with van der Waals surface area (Å²) in [5.74, 6) is 0. The summed E-state index contributed by atoms with van der Waals surface area (Å²) in [7, 11) is 1.92. The van der Waals surface area contributed by atoms with Crippen LogP contribution in [0.25, 0.3) is 11.1 Å². The van der Waals surface area contributed by atoms with Crippen LogP contribution in [0.3, 0.4) is 0 Å². The predicted octanol–water partition coefficient (Wildman–Crippen LogP) is 5.36. The molecule has 6 nitrogen and oxygen atoms in total. The van der Waals surface area contributed by atoms with Crippen molar-refractivity contribution in [1.82, 2.24) is 14.7 Å². The van der Waals surface area contributed by atoms with E-state index in [4.69, 9.17) is 4.74 Å². The molecule has 1 fully saturated rings. The van der Waals surface area contributed by atoms with E-state index in [2.05, 4.69) is 29.4 Å². The number of carbonyl (C=O) groups excluding carboxylic acids is 1. The highest BCUT2D eigenvalue weighted by molar-refractivity contribution is 5.70. The third kappa shape index (κ3) is 4.81. The Labute approximate surface area is 195 Å². The first-order chi connectivity index (χ1) is 15.6. The van der Waals surface area contributed by atoms with Gasteiger partial charge in [-0.1, -0.05) is 54.6 Å². The molecule has 1 N–H and O–H groups in total. The Balaban J connectivity index is 1.54. The van der Waals surface area contributed by atoms with E-state index >= 15 is 0 Å². The summed E-state index contributed by atoms with van der Waals surface area (Å²) in [5.41, 5.74) is 3.36. The van der Waals surface area contributed by atoms with E-state index in [0.29, 0.717) is 19.4 Å². The number of rotatable bonds is 6. The number of aromatic nitrogens is 2. The number of aryl methyl sites for hydroxylation is 2. The largest absolute Gasteiger partial charge is 0.438 e. The van der Waals surface area contributed by atoms with Crippen LogP contribution >= 0.6 is 0 Å². The van der Waals surface area contributed by atoms with Crippen LogP contribution in [0.15, 0.2) is 60.8 Å². The standard InChI is InChI=1S/C27H33N3O3/c1-19-24(17-29(5)28-19)22-13-11-21(12-14-22)20(2)30-16-15-27(33-25(30)31,18-26(3,4)32)23-9-7-6-8-10-23/h6-14,17,20,32H,15-16,18H2,1-5H3/t20-,27?/m0/s1. The average Bonchev–Trinajstić information content (AvgIpc) is 3.11. The molecule has 2 atom stereocenters. The number of benzene rings is 2. The molecule has 1 amide bonds. The van der Waals surface area contributed by atoms with E-state index in [1.54, 1.807) is 18.7 Å². The van der Waals surface area contributed by atoms with Gasteiger partial charge < -0.3 is 14.7 Å². The normalized spacial score (nSPS) is 19.9. The van der Waals surface area contributed by atoms with Crippen molar-refractivity contribution < 1.29 is 14.6 Å². The van der Waals surface area contributed by atoms with Crippen molar-refractivity contribution in [2.24, 2.45) is 7.05 Å². The summed E-state index contributed by atoms with van der Waals surface area (Å²) >= 11 is 0. The van der Waals surface area contributed by atoms with Crippen molar-refractivity contribution in [1.29, 1.82) is 0 Å². The highest BCUT2D eigenvalue weighted by Gasteiger charge is 2.46. The second kappa shape index (κ2) is 8.67. The van der Waals surface area contributed by atoms with Crippen LogP contribution in [0.4, 0.5) is 4.79 Å². The molecule has 1 aromatic heterocycles. The van der Waals surface area contributed by atoms with Gasteiger partial charge in [0.25, 0.3) is 0 Å². The lowest BCUT2D eigenvalue weighted by molar-refractivity contribution is -0.101. The Morgan fingerprint density at radius 2 is 1.82 bits per heavy atom. The summed E-state index contributed by atoms with van der Waals surface area (Å²) in [4.78, 5) is 15.0. The third-order valence-corrected chi connectivity index (χ3v) is 6.48. The summed E-state index contributed by atoms with van der Waals surface area (Å²) in [6, 6.07) is 17.9. The lowest BCUT2D eigenvalue weighted by atomic mass is 9.80. The minimum Gasteiger partial charge on any atom is -0.438 e. The van der Waals surface area contributed by atoms with Gasteiger partial charge in [0.1, 0.15) is 5.60 Å². The number of cyclic esters (lactones) is 1. The van der Waals surface area contributed by atoms with Crippen LogP contribution in [-0.4, -0.2) is 38.0 Å². The molecule has 1 unspecified atom stereocenters. The first-order valence-corrected chi connectivity index (χ1v) is 11.5. The van der Waals surface area contributed by atoms with Crippen molar-refractivity contribution in [3.8, 4) is 11.1 Å². The predicted molar refractivity (Wildman–Crippen MR) is 129 cm³/mol. The quantitative estimate of drug-likeness (QED) is 0.553. The fourth-order valence-electron chi connectivity index (χ4n) is 4.90. The van der Waals surface area contributed by atoms with Crippen LogP contribution in [0.1, 0.15) is 56.5 Å². The molecule has 0 bridgehead atoms. The molecule has 0 spiro atoms. The van der Waals surface area contributed by atoms with Crippen LogP contribution in [0.5, 0.6) is 0 Å². The van der Waals surface area contributed by atoms with Crippen LogP contribution < -0.4 is 0 Å². The van der Waals surface area contributed by atoms with Crippen molar-refractivity contribution in [3.05, 3.63) is 77.6 Å². The maximum atomic E-state index is 13.2. The molecule has 2 heterocycles. The third-order valence-electron chi connectivity index (χ3n) is 6.48. The smallest absolute Gasteiger partial charge is 0.411 e. The first-order valence-electron chi connectivity index (χ1n) is 11.5. The van der Waals surface area contributed by atoms with Crippen molar-refractivity contribution >= 4 is 6.09 Å². The molecular weight excluding hydrogens is 414 g/mol. The molecule has 1 saturated heterocycles. The SMILES string of the molecule is Cc1nn(C)cc1-c1ccc([C@H](C)N2CCC(CC(C)(C)O)(c3ccccc3)OC2=O)cc1. The topological polar surface area (TPSA) is 67.6 Å². The maximum Gasteiger partial charge on any atom is 0.411 e. The monoisotopic (exact) mass is 447 g/mol. The number of hydrogen-bond donors (Lipinski definition) is 1. The molecule has 4 rings (SSSR count). The molecular formula is C27H33N3O3. The number of ether oxygens (including phenoxy) is 1. The van der Waals surface area contributed by atoms with Gasteiger partial charge in [0.05, 0.1) is 17.3 Å². The molecule has 0 radical (unpaired) electrons. The summed E-state index contributed by atoms with van der Waals surface area (Å²) in [6.45, 7) is 8.09. The number of amides is 1. The molecule has 3 aromatic rings. The first kappa shape index (κ1) is 23.1. The summed E-state index contributed by atoms with van der Waals surface area (Å²) in [5, 5.41) is 15.0. The van der Waals surface area contributed by atoms with Crippen LogP contribution in [0, 0.1) is 6.92 Å². The Morgan fingerprint density at radius 3 is 2.36 bits per heavy atom. The summed E-state index contributed by atoms with van der Waals surface area (Å²) < 4.78 is 7.94. The number of nitrogens with zero attached hydrogens (tertiary/aromatic N) is 3. The molecule has 1 aliphatic heterocycles. The minimum absolute atomic E-state index is 0.127. The van der Waals surface area contributed by atoms with Gasteiger partial charge in [0, 0.05) is 38.2 Å². The Morgan fingerprint density at radius 1 is 1.15 bits per heavy atom. The highest BCUT2D eigenvalue weighted by Crippen LogP contribution is 2.42. The molecule has 33 heavy (non-hydrogen) atoms. The van der Waals surface area contributed by atoms with E-state index in [9.17, 15) is 9.90 Å². The van der Waals surface area contributed by atoms with Gasteiger partial charge in [-0.25, -0.2) is 4.79 Å². The zero-order chi connectivity index (χ0) is 23.8. The lowest BCUT2D eigenvalue weighted by Gasteiger charge is -2.45. The lowest BCUT2D eigenvalue weighted by Crippen LogP contribution is -2.51. The fraction of sp³-hybridized carbons (Fsp3) is 0.407. The van der Waals surface area contributed by atoms with E-state index < -0.39 is 11.2 Å². The molecule has 0 saturated carbocycles. The van der Waals surface area contributed by atoms with Gasteiger partial charge in [-0.3, -0.25) is 4.68 Å². The second-order valence-electron chi connectivity index (χ2n) is 9.76. The zero-order valence-corrected chi connectivity index (χ0v) is 20.1. The minimum atomic E-state index is -0.968. The van der Waals surface area contributed by atoms with E-state index in [1.807, 2.05) is 62.1 Å². The van der Waals surface area contributed by atoms with Crippen LogP contribution in [-0.2, 0) is 17.4 Å². The fourth-order valence-corrected chi connectivity index (χ4v) is 4.90. The van der Waals surface area contributed by atoms with Gasteiger partial charge in [-0.15, -0.1) is 0 Å². The van der Waals surface area contributed by atoms with Crippen molar-refractivity contribution in [2.75, 3.05) is 6.54 Å². The van der Waals surface area contributed by atoms with E-state index in [1.165, 1.54) is 0 Å². The van der Waals surface area contributed by atoms with Crippen LogP contribution in [0.2, 0.25) is 0 Å². The van der Waals surface area contributed by atoms with Gasteiger partial charge in [0.2, 0.25) is 0 Å². The van der Waals surface area contributed by atoms with Gasteiger partial charge in [0.15, 0.2) is 0 Å².